The van der Waals surface area contributed by atoms with E-state index in [4.69, 9.17) is 10.4 Å². The molecule has 0 amide bonds. The van der Waals surface area contributed by atoms with E-state index in [-0.39, 0.29) is 12.0 Å². The fourth-order valence-corrected chi connectivity index (χ4v) is 0.887. The van der Waals surface area contributed by atoms with Crippen LogP contribution in [0.5, 0.6) is 0 Å². The summed E-state index contributed by atoms with van der Waals surface area (Å²) in [5.74, 6) is 0.0801. The highest BCUT2D eigenvalue weighted by Crippen LogP contribution is 1.94. The van der Waals surface area contributed by atoms with Crippen molar-refractivity contribution >= 4 is 0 Å². The van der Waals surface area contributed by atoms with E-state index < -0.39 is 0 Å². The highest BCUT2D eigenvalue weighted by molar-refractivity contribution is 4.79. The largest absolute Gasteiger partial charge is 0.393 e. The molecule has 2 N–H and O–H groups in total. The van der Waals surface area contributed by atoms with Gasteiger partial charge < -0.3 is 10.4 Å². The molecule has 0 aliphatic rings. The second-order valence-electron chi connectivity index (χ2n) is 3.23. The highest BCUT2D eigenvalue weighted by Gasteiger charge is 1.98. The molecule has 0 spiro atoms. The van der Waals surface area contributed by atoms with E-state index >= 15 is 0 Å². The summed E-state index contributed by atoms with van der Waals surface area (Å²) in [6.07, 6.45) is 1.59. The molecular weight excluding hydrogens is 152 g/mol. The van der Waals surface area contributed by atoms with Gasteiger partial charge in [0.2, 0.25) is 0 Å². The van der Waals surface area contributed by atoms with Crippen LogP contribution in [0.25, 0.3) is 0 Å². The van der Waals surface area contributed by atoms with E-state index in [2.05, 4.69) is 11.4 Å². The van der Waals surface area contributed by atoms with Crippen LogP contribution >= 0.6 is 0 Å². The summed E-state index contributed by atoms with van der Waals surface area (Å²) < 4.78 is 0. The Morgan fingerprint density at radius 2 is 2.17 bits per heavy atom. The maximum Gasteiger partial charge on any atom is 0.0666 e. The summed E-state index contributed by atoms with van der Waals surface area (Å²) in [4.78, 5) is 0. The van der Waals surface area contributed by atoms with Crippen LogP contribution in [0.1, 0.15) is 26.7 Å². The zero-order valence-electron chi connectivity index (χ0n) is 7.88. The molecule has 0 saturated heterocycles. The number of nitrogens with zero attached hydrogens (tertiary/aromatic N) is 1. The summed E-state index contributed by atoms with van der Waals surface area (Å²) in [6, 6.07) is 2.15. The summed E-state index contributed by atoms with van der Waals surface area (Å²) in [5.41, 5.74) is 0. The Kier molecular flexibility index (Phi) is 6.73. The van der Waals surface area contributed by atoms with Crippen LogP contribution in [-0.4, -0.2) is 24.3 Å². The monoisotopic (exact) mass is 170 g/mol. The minimum absolute atomic E-state index is 0.0801. The van der Waals surface area contributed by atoms with E-state index in [9.17, 15) is 0 Å². The summed E-state index contributed by atoms with van der Waals surface area (Å²) in [5, 5.41) is 20.5. The topological polar surface area (TPSA) is 56.0 Å². The SMILES string of the molecule is CC(O)CCCNCC(C)C#N. The Balaban J connectivity index is 3.07. The van der Waals surface area contributed by atoms with Crippen LogP contribution in [0, 0.1) is 17.2 Å². The summed E-state index contributed by atoms with van der Waals surface area (Å²) >= 11 is 0. The zero-order chi connectivity index (χ0) is 9.40. The van der Waals surface area contributed by atoms with Gasteiger partial charge in [0, 0.05) is 6.54 Å². The van der Waals surface area contributed by atoms with Gasteiger partial charge in [0.1, 0.15) is 0 Å². The second kappa shape index (κ2) is 7.08. The third-order valence-electron chi connectivity index (χ3n) is 1.65. The molecule has 0 radical (unpaired) electrons. The van der Waals surface area contributed by atoms with Crippen LogP contribution in [-0.2, 0) is 0 Å². The first kappa shape index (κ1) is 11.4. The maximum atomic E-state index is 8.93. The Morgan fingerprint density at radius 3 is 2.67 bits per heavy atom. The fourth-order valence-electron chi connectivity index (χ4n) is 0.887. The van der Waals surface area contributed by atoms with E-state index in [1.807, 2.05) is 6.92 Å². The standard InChI is InChI=1S/C9H18N2O/c1-8(6-10)7-11-5-3-4-9(2)12/h8-9,11-12H,3-5,7H2,1-2H3. The lowest BCUT2D eigenvalue weighted by molar-refractivity contribution is 0.181. The average molecular weight is 170 g/mol. The predicted octanol–water partition coefficient (Wildman–Crippen LogP) is 0.897. The first-order chi connectivity index (χ1) is 5.66. The van der Waals surface area contributed by atoms with Crippen molar-refractivity contribution in [1.82, 2.24) is 5.32 Å². The number of nitriles is 1. The van der Waals surface area contributed by atoms with Gasteiger partial charge >= 0.3 is 0 Å². The molecule has 0 aliphatic heterocycles. The van der Waals surface area contributed by atoms with Crippen molar-refractivity contribution in [3.63, 3.8) is 0 Å². The minimum Gasteiger partial charge on any atom is -0.393 e. The van der Waals surface area contributed by atoms with Gasteiger partial charge in [-0.25, -0.2) is 0 Å². The van der Waals surface area contributed by atoms with E-state index in [0.717, 1.165) is 25.9 Å². The Bertz CT molecular complexity index is 140. The molecule has 3 nitrogen and oxygen atoms in total. The lowest BCUT2D eigenvalue weighted by Crippen LogP contribution is -2.22. The number of nitrogens with one attached hydrogen (secondary N) is 1. The number of hydrogen-bond donors (Lipinski definition) is 2. The lowest BCUT2D eigenvalue weighted by atomic mass is 10.2. The van der Waals surface area contributed by atoms with Gasteiger partial charge in [-0.05, 0) is 33.2 Å². The number of hydrogen-bond acceptors (Lipinski definition) is 3. The lowest BCUT2D eigenvalue weighted by Gasteiger charge is -2.06. The van der Waals surface area contributed by atoms with Crippen LogP contribution in [0.3, 0.4) is 0 Å². The molecule has 2 atom stereocenters. The minimum atomic E-state index is -0.208. The third kappa shape index (κ3) is 7.52. The van der Waals surface area contributed by atoms with Crippen molar-refractivity contribution in [3.8, 4) is 6.07 Å². The Labute approximate surface area is 74.4 Å². The first-order valence-corrected chi connectivity index (χ1v) is 4.45. The Hall–Kier alpha value is -0.590. The molecule has 0 bridgehead atoms. The molecule has 0 aromatic heterocycles. The molecule has 0 aromatic carbocycles. The molecule has 0 fully saturated rings. The molecule has 0 aliphatic carbocycles. The van der Waals surface area contributed by atoms with Gasteiger partial charge in [-0.3, -0.25) is 0 Å². The molecule has 0 rings (SSSR count). The van der Waals surface area contributed by atoms with Gasteiger partial charge in [0.25, 0.3) is 0 Å². The van der Waals surface area contributed by atoms with Crippen molar-refractivity contribution in [1.29, 1.82) is 5.26 Å². The summed E-state index contributed by atoms with van der Waals surface area (Å²) in [7, 11) is 0. The van der Waals surface area contributed by atoms with E-state index in [1.54, 1.807) is 6.92 Å². The van der Waals surface area contributed by atoms with Crippen LogP contribution in [0.15, 0.2) is 0 Å². The maximum absolute atomic E-state index is 8.93. The normalized spacial score (nSPS) is 15.2. The van der Waals surface area contributed by atoms with Crippen molar-refractivity contribution in [3.05, 3.63) is 0 Å². The smallest absolute Gasteiger partial charge is 0.0666 e. The Morgan fingerprint density at radius 1 is 1.50 bits per heavy atom. The van der Waals surface area contributed by atoms with Crippen LogP contribution in [0.2, 0.25) is 0 Å². The molecule has 0 saturated carbocycles. The van der Waals surface area contributed by atoms with Gasteiger partial charge in [0.05, 0.1) is 18.1 Å². The fraction of sp³-hybridized carbons (Fsp3) is 0.889. The molecule has 3 heteroatoms. The average Bonchev–Trinajstić information content (AvgIpc) is 2.03. The quantitative estimate of drug-likeness (QED) is 0.582. The third-order valence-corrected chi connectivity index (χ3v) is 1.65. The number of aliphatic hydroxyl groups excluding tert-OH is 1. The molecular formula is C9H18N2O. The molecule has 70 valence electrons. The van der Waals surface area contributed by atoms with Gasteiger partial charge in [-0.2, -0.15) is 5.26 Å². The van der Waals surface area contributed by atoms with Gasteiger partial charge in [-0.15, -0.1) is 0 Å². The van der Waals surface area contributed by atoms with E-state index in [1.165, 1.54) is 0 Å². The van der Waals surface area contributed by atoms with Crippen molar-refractivity contribution in [2.75, 3.05) is 13.1 Å². The number of rotatable bonds is 6. The first-order valence-electron chi connectivity index (χ1n) is 4.45. The van der Waals surface area contributed by atoms with Gasteiger partial charge in [0.15, 0.2) is 0 Å². The van der Waals surface area contributed by atoms with Crippen LogP contribution in [0.4, 0.5) is 0 Å². The second-order valence-corrected chi connectivity index (χ2v) is 3.23. The van der Waals surface area contributed by atoms with Crippen LogP contribution < -0.4 is 5.32 Å². The molecule has 12 heavy (non-hydrogen) atoms. The van der Waals surface area contributed by atoms with Gasteiger partial charge in [-0.1, -0.05) is 0 Å². The van der Waals surface area contributed by atoms with Crippen molar-refractivity contribution in [2.24, 2.45) is 5.92 Å². The van der Waals surface area contributed by atoms with E-state index in [0.29, 0.717) is 0 Å². The predicted molar refractivity (Wildman–Crippen MR) is 48.6 cm³/mol. The molecule has 0 heterocycles. The molecule has 2 unspecified atom stereocenters. The van der Waals surface area contributed by atoms with Crippen molar-refractivity contribution in [2.45, 2.75) is 32.8 Å². The summed E-state index contributed by atoms with van der Waals surface area (Å²) in [6.45, 7) is 5.31. The highest BCUT2D eigenvalue weighted by atomic mass is 16.3. The molecule has 0 aromatic rings. The number of aliphatic hydroxyl groups is 1. The van der Waals surface area contributed by atoms with Crippen molar-refractivity contribution < 1.29 is 5.11 Å². The zero-order valence-corrected chi connectivity index (χ0v) is 7.88.